The van der Waals surface area contributed by atoms with E-state index in [1.807, 2.05) is 12.1 Å². The summed E-state index contributed by atoms with van der Waals surface area (Å²) in [6.45, 7) is 7.63. The van der Waals surface area contributed by atoms with Crippen LogP contribution in [-0.2, 0) is 0 Å². The van der Waals surface area contributed by atoms with Crippen LogP contribution in [0.25, 0.3) is 0 Å². The molecular formula is C17H28N2O. The van der Waals surface area contributed by atoms with Gasteiger partial charge in [0, 0.05) is 13.1 Å². The highest BCUT2D eigenvalue weighted by Gasteiger charge is 2.14. The molecule has 0 radical (unpaired) electrons. The molecule has 0 saturated carbocycles. The Morgan fingerprint density at radius 3 is 2.85 bits per heavy atom. The molecule has 1 aromatic rings. The molecule has 1 aliphatic rings. The van der Waals surface area contributed by atoms with Gasteiger partial charge in [-0.3, -0.25) is 0 Å². The number of nitrogens with one attached hydrogen (secondary N) is 1. The topological polar surface area (TPSA) is 24.5 Å². The first-order valence-corrected chi connectivity index (χ1v) is 7.83. The zero-order valence-electron chi connectivity index (χ0n) is 12.9. The Kier molecular flexibility index (Phi) is 6.34. The lowest BCUT2D eigenvalue weighted by atomic mass is 9.98. The molecule has 1 aliphatic heterocycles. The Bertz CT molecular complexity index is 388. The van der Waals surface area contributed by atoms with Gasteiger partial charge in [0.05, 0.1) is 6.61 Å². The molecule has 2 rings (SSSR count). The van der Waals surface area contributed by atoms with E-state index in [2.05, 4.69) is 36.3 Å². The van der Waals surface area contributed by atoms with E-state index in [0.29, 0.717) is 0 Å². The summed E-state index contributed by atoms with van der Waals surface area (Å²) in [7, 11) is 2.23. The average molecular weight is 276 g/mol. The average Bonchev–Trinajstić information content (AvgIpc) is 2.45. The molecule has 0 unspecified atom stereocenters. The van der Waals surface area contributed by atoms with Gasteiger partial charge in [0.1, 0.15) is 5.75 Å². The summed E-state index contributed by atoms with van der Waals surface area (Å²) < 4.78 is 5.79. The molecule has 1 saturated heterocycles. The molecule has 1 N–H and O–H groups in total. The Balaban J connectivity index is 1.58. The number of rotatable bonds is 7. The zero-order valence-corrected chi connectivity index (χ0v) is 12.9. The lowest BCUT2D eigenvalue weighted by Gasteiger charge is -2.27. The van der Waals surface area contributed by atoms with E-state index in [0.717, 1.165) is 31.2 Å². The number of nitrogens with zero attached hydrogens (tertiary/aromatic N) is 1. The Morgan fingerprint density at radius 1 is 1.30 bits per heavy atom. The van der Waals surface area contributed by atoms with Crippen LogP contribution in [-0.4, -0.2) is 44.7 Å². The number of hydrogen-bond acceptors (Lipinski definition) is 3. The molecule has 0 amide bonds. The van der Waals surface area contributed by atoms with Gasteiger partial charge in [0.15, 0.2) is 0 Å². The van der Waals surface area contributed by atoms with Crippen LogP contribution in [0.5, 0.6) is 5.75 Å². The van der Waals surface area contributed by atoms with Crippen LogP contribution in [0, 0.1) is 12.8 Å². The number of ether oxygens (including phenoxy) is 1. The van der Waals surface area contributed by atoms with Crippen molar-refractivity contribution in [1.82, 2.24) is 10.2 Å². The van der Waals surface area contributed by atoms with Gasteiger partial charge in [-0.2, -0.15) is 0 Å². The van der Waals surface area contributed by atoms with Gasteiger partial charge in [-0.1, -0.05) is 12.1 Å². The highest BCUT2D eigenvalue weighted by Crippen LogP contribution is 2.14. The van der Waals surface area contributed by atoms with Crippen molar-refractivity contribution in [3.8, 4) is 5.75 Å². The van der Waals surface area contributed by atoms with Gasteiger partial charge < -0.3 is 15.0 Å². The molecule has 0 atom stereocenters. The van der Waals surface area contributed by atoms with Gasteiger partial charge in [0.25, 0.3) is 0 Å². The molecule has 1 heterocycles. The number of aryl methyl sites for hydroxylation is 1. The summed E-state index contributed by atoms with van der Waals surface area (Å²) in [6, 6.07) is 8.28. The van der Waals surface area contributed by atoms with Crippen molar-refractivity contribution in [2.75, 3.05) is 39.8 Å². The summed E-state index contributed by atoms with van der Waals surface area (Å²) in [6.07, 6.45) is 3.74. The lowest BCUT2D eigenvalue weighted by Crippen LogP contribution is -2.35. The Morgan fingerprint density at radius 2 is 2.10 bits per heavy atom. The van der Waals surface area contributed by atoms with Crippen LogP contribution >= 0.6 is 0 Å². The van der Waals surface area contributed by atoms with E-state index in [1.54, 1.807) is 0 Å². The molecule has 3 heteroatoms. The van der Waals surface area contributed by atoms with Crippen LogP contribution < -0.4 is 10.1 Å². The van der Waals surface area contributed by atoms with Crippen LogP contribution in [0.4, 0.5) is 0 Å². The first-order valence-electron chi connectivity index (χ1n) is 7.83. The molecule has 0 aliphatic carbocycles. The summed E-state index contributed by atoms with van der Waals surface area (Å²) in [5, 5.41) is 3.42. The van der Waals surface area contributed by atoms with Crippen molar-refractivity contribution < 1.29 is 4.74 Å². The molecule has 3 nitrogen and oxygen atoms in total. The van der Waals surface area contributed by atoms with Crippen molar-refractivity contribution in [1.29, 1.82) is 0 Å². The largest absolute Gasteiger partial charge is 0.494 e. The monoisotopic (exact) mass is 276 g/mol. The van der Waals surface area contributed by atoms with Crippen LogP contribution in [0.1, 0.15) is 24.8 Å². The zero-order chi connectivity index (χ0) is 14.2. The van der Waals surface area contributed by atoms with Crippen LogP contribution in [0.3, 0.4) is 0 Å². The fourth-order valence-corrected chi connectivity index (χ4v) is 2.83. The van der Waals surface area contributed by atoms with Crippen molar-refractivity contribution >= 4 is 0 Å². The highest BCUT2D eigenvalue weighted by molar-refractivity contribution is 5.27. The van der Waals surface area contributed by atoms with Crippen molar-refractivity contribution in [3.05, 3.63) is 29.8 Å². The van der Waals surface area contributed by atoms with Crippen molar-refractivity contribution in [3.63, 3.8) is 0 Å². The predicted octanol–water partition coefficient (Wildman–Crippen LogP) is 2.70. The summed E-state index contributed by atoms with van der Waals surface area (Å²) >= 11 is 0. The smallest absolute Gasteiger partial charge is 0.119 e. The number of benzene rings is 1. The molecule has 1 fully saturated rings. The third-order valence-corrected chi connectivity index (χ3v) is 3.97. The maximum atomic E-state index is 5.79. The van der Waals surface area contributed by atoms with Crippen LogP contribution in [0.2, 0.25) is 0 Å². The van der Waals surface area contributed by atoms with E-state index >= 15 is 0 Å². The van der Waals surface area contributed by atoms with E-state index in [1.165, 1.54) is 38.0 Å². The minimum Gasteiger partial charge on any atom is -0.494 e. The molecule has 20 heavy (non-hydrogen) atoms. The van der Waals surface area contributed by atoms with Crippen molar-refractivity contribution in [2.45, 2.75) is 26.2 Å². The molecule has 0 aromatic heterocycles. The van der Waals surface area contributed by atoms with Crippen molar-refractivity contribution in [2.24, 2.45) is 5.92 Å². The standard InChI is InChI=1S/C17H28N2O/c1-15-5-3-6-17(13-15)20-12-4-11-19(2)14-16-7-9-18-10-8-16/h3,5-6,13,16,18H,4,7-12,14H2,1-2H3. The minimum absolute atomic E-state index is 0.806. The normalized spacial score (nSPS) is 16.6. The van der Waals surface area contributed by atoms with E-state index in [4.69, 9.17) is 4.74 Å². The molecule has 0 spiro atoms. The SMILES string of the molecule is Cc1cccc(OCCCN(C)CC2CCNCC2)c1. The Labute approximate surface area is 123 Å². The number of hydrogen-bond donors (Lipinski definition) is 1. The highest BCUT2D eigenvalue weighted by atomic mass is 16.5. The third kappa shape index (κ3) is 5.51. The third-order valence-electron chi connectivity index (χ3n) is 3.97. The lowest BCUT2D eigenvalue weighted by molar-refractivity contribution is 0.218. The van der Waals surface area contributed by atoms with Gasteiger partial charge in [0.2, 0.25) is 0 Å². The summed E-state index contributed by atoms with van der Waals surface area (Å²) in [5.41, 5.74) is 1.26. The maximum absolute atomic E-state index is 5.79. The summed E-state index contributed by atoms with van der Waals surface area (Å²) in [4.78, 5) is 2.45. The van der Waals surface area contributed by atoms with Gasteiger partial charge in [-0.05, 0) is 69.9 Å². The summed E-state index contributed by atoms with van der Waals surface area (Å²) in [5.74, 6) is 1.87. The predicted molar refractivity (Wildman–Crippen MR) is 84.4 cm³/mol. The molecular weight excluding hydrogens is 248 g/mol. The first-order chi connectivity index (χ1) is 9.74. The van der Waals surface area contributed by atoms with E-state index < -0.39 is 0 Å². The number of piperidine rings is 1. The second-order valence-corrected chi connectivity index (χ2v) is 5.97. The second-order valence-electron chi connectivity index (χ2n) is 5.97. The fraction of sp³-hybridized carbons (Fsp3) is 0.647. The Hall–Kier alpha value is -1.06. The molecule has 0 bridgehead atoms. The van der Waals surface area contributed by atoms with Gasteiger partial charge >= 0.3 is 0 Å². The molecule has 112 valence electrons. The maximum Gasteiger partial charge on any atom is 0.119 e. The quantitative estimate of drug-likeness (QED) is 0.775. The first kappa shape index (κ1) is 15.3. The van der Waals surface area contributed by atoms with E-state index in [-0.39, 0.29) is 0 Å². The van der Waals surface area contributed by atoms with Gasteiger partial charge in [-0.25, -0.2) is 0 Å². The second kappa shape index (κ2) is 8.28. The molecule has 1 aromatic carbocycles. The minimum atomic E-state index is 0.806. The van der Waals surface area contributed by atoms with E-state index in [9.17, 15) is 0 Å². The van der Waals surface area contributed by atoms with Gasteiger partial charge in [-0.15, -0.1) is 0 Å². The van der Waals surface area contributed by atoms with Crippen LogP contribution in [0.15, 0.2) is 24.3 Å². The fourth-order valence-electron chi connectivity index (χ4n) is 2.83.